The van der Waals surface area contributed by atoms with Gasteiger partial charge in [0, 0.05) is 36.4 Å². The van der Waals surface area contributed by atoms with Crippen molar-refractivity contribution in [2.45, 2.75) is 12.8 Å². The van der Waals surface area contributed by atoms with Crippen LogP contribution in [0.2, 0.25) is 0 Å². The number of aryl methyl sites for hydroxylation is 1. The number of anilines is 1. The quantitative estimate of drug-likeness (QED) is 0.579. The minimum atomic E-state index is -0.881. The third-order valence-electron chi connectivity index (χ3n) is 4.81. The first-order valence-corrected chi connectivity index (χ1v) is 9.59. The van der Waals surface area contributed by atoms with Crippen LogP contribution in [0.25, 0.3) is 5.57 Å². The van der Waals surface area contributed by atoms with Gasteiger partial charge in [-0.1, -0.05) is 28.8 Å². The van der Waals surface area contributed by atoms with Gasteiger partial charge in [0.05, 0.1) is 19.0 Å². The van der Waals surface area contributed by atoms with E-state index < -0.39 is 23.0 Å². The number of rotatable bonds is 5. The largest absolute Gasteiger partial charge is 0.333 e. The van der Waals surface area contributed by atoms with Crippen molar-refractivity contribution >= 4 is 28.9 Å². The number of aromatic nitrogens is 5. The van der Waals surface area contributed by atoms with Crippen LogP contribution in [0.3, 0.4) is 0 Å². The fraction of sp³-hybridized carbons (Fsp3) is 0.250. The van der Waals surface area contributed by atoms with E-state index in [2.05, 4.69) is 20.4 Å². The summed E-state index contributed by atoms with van der Waals surface area (Å²) in [4.78, 5) is 20.0. The normalized spacial score (nSPS) is 14.3. The van der Waals surface area contributed by atoms with E-state index in [0.29, 0.717) is 36.2 Å². The molecule has 1 aromatic carbocycles. The zero-order valence-corrected chi connectivity index (χ0v) is 16.8. The lowest BCUT2D eigenvalue weighted by Gasteiger charge is -2.27. The topological polar surface area (TPSA) is 76.8 Å². The molecular formula is C20H17ClF2N6O. The summed E-state index contributed by atoms with van der Waals surface area (Å²) in [6.45, 7) is 1.16. The molecule has 2 aromatic heterocycles. The van der Waals surface area contributed by atoms with E-state index in [4.69, 9.17) is 11.6 Å². The van der Waals surface area contributed by atoms with Gasteiger partial charge >= 0.3 is 0 Å². The van der Waals surface area contributed by atoms with Gasteiger partial charge in [-0.25, -0.2) is 8.78 Å². The molecule has 0 saturated carbocycles. The number of halogens is 3. The molecule has 3 aromatic rings. The van der Waals surface area contributed by atoms with Crippen LogP contribution in [0.5, 0.6) is 0 Å². The Morgan fingerprint density at radius 2 is 1.97 bits per heavy atom. The Kier molecular flexibility index (Phi) is 5.54. The minimum absolute atomic E-state index is 0.208. The number of carbonyl (C=O) groups is 1. The molecule has 0 bridgehead atoms. The third kappa shape index (κ3) is 4.06. The Morgan fingerprint density at radius 1 is 1.20 bits per heavy atom. The first kappa shape index (κ1) is 20.1. The van der Waals surface area contributed by atoms with Gasteiger partial charge in [-0.3, -0.25) is 9.78 Å². The smallest absolute Gasteiger partial charge is 0.266 e. The van der Waals surface area contributed by atoms with Gasteiger partial charge < -0.3 is 4.90 Å². The van der Waals surface area contributed by atoms with Gasteiger partial charge in [0.2, 0.25) is 0 Å². The molecule has 0 amide bonds. The number of hydrogen-bond donors (Lipinski definition) is 0. The van der Waals surface area contributed by atoms with Gasteiger partial charge in [0.25, 0.3) is 5.95 Å². The lowest BCUT2D eigenvalue weighted by Crippen LogP contribution is -2.31. The molecule has 0 N–H and O–H groups in total. The Morgan fingerprint density at radius 3 is 2.60 bits per heavy atom. The maximum absolute atomic E-state index is 13.8. The predicted molar refractivity (Wildman–Crippen MR) is 107 cm³/mol. The highest BCUT2D eigenvalue weighted by Crippen LogP contribution is 2.30. The van der Waals surface area contributed by atoms with Crippen molar-refractivity contribution in [2.24, 2.45) is 7.05 Å². The van der Waals surface area contributed by atoms with E-state index >= 15 is 0 Å². The van der Waals surface area contributed by atoms with Crippen LogP contribution in [-0.4, -0.2) is 44.1 Å². The maximum atomic E-state index is 13.8. The van der Waals surface area contributed by atoms with Crippen LogP contribution in [0.4, 0.5) is 14.7 Å². The predicted octanol–water partition coefficient (Wildman–Crippen LogP) is 3.17. The number of hydrogen-bond acceptors (Lipinski definition) is 6. The number of pyridine rings is 1. The molecule has 0 fully saturated rings. The standard InChI is InChI=1S/C20H17ClF2N6O/c1-28-26-20(25-27-28)29-8-7-15(21)14(11-29)12-5-6-13(24-10-12)9-18(30)19-16(22)3-2-4-17(19)23/h2-6,10H,7-9,11H2,1H3. The molecule has 0 unspecified atom stereocenters. The molecule has 0 aliphatic carbocycles. The molecule has 30 heavy (non-hydrogen) atoms. The minimum Gasteiger partial charge on any atom is -0.333 e. The number of ketones is 1. The first-order chi connectivity index (χ1) is 14.4. The zero-order valence-electron chi connectivity index (χ0n) is 16.0. The van der Waals surface area contributed by atoms with Crippen LogP contribution >= 0.6 is 11.6 Å². The molecule has 0 atom stereocenters. The van der Waals surface area contributed by atoms with Crippen LogP contribution in [-0.2, 0) is 13.5 Å². The molecule has 1 aliphatic heterocycles. The van der Waals surface area contributed by atoms with Gasteiger partial charge in [0.1, 0.15) is 11.6 Å². The van der Waals surface area contributed by atoms with E-state index in [1.165, 1.54) is 10.9 Å². The van der Waals surface area contributed by atoms with Crippen molar-refractivity contribution in [1.29, 1.82) is 0 Å². The van der Waals surface area contributed by atoms with E-state index in [1.807, 2.05) is 4.90 Å². The summed E-state index contributed by atoms with van der Waals surface area (Å²) < 4.78 is 27.6. The van der Waals surface area contributed by atoms with Crippen molar-refractivity contribution in [3.8, 4) is 0 Å². The average Bonchev–Trinajstić information content (AvgIpc) is 3.15. The molecule has 4 rings (SSSR count). The highest BCUT2D eigenvalue weighted by Gasteiger charge is 2.23. The van der Waals surface area contributed by atoms with Crippen LogP contribution in [0.15, 0.2) is 41.6 Å². The summed E-state index contributed by atoms with van der Waals surface area (Å²) in [5.41, 5.74) is 1.53. The van der Waals surface area contributed by atoms with Crippen molar-refractivity contribution in [1.82, 2.24) is 25.2 Å². The van der Waals surface area contributed by atoms with Crippen molar-refractivity contribution in [3.05, 3.63) is 70.0 Å². The summed E-state index contributed by atoms with van der Waals surface area (Å²) in [6.07, 6.45) is 2.02. The zero-order chi connectivity index (χ0) is 21.3. The molecule has 3 heterocycles. The van der Waals surface area contributed by atoms with E-state index in [9.17, 15) is 13.6 Å². The summed E-state index contributed by atoms with van der Waals surface area (Å²) >= 11 is 6.44. The summed E-state index contributed by atoms with van der Waals surface area (Å²) in [5, 5.41) is 12.8. The second-order valence-corrected chi connectivity index (χ2v) is 7.32. The van der Waals surface area contributed by atoms with Crippen molar-refractivity contribution < 1.29 is 13.6 Å². The third-order valence-corrected chi connectivity index (χ3v) is 5.23. The lowest BCUT2D eigenvalue weighted by atomic mass is 10.0. The van der Waals surface area contributed by atoms with Crippen LogP contribution < -0.4 is 4.90 Å². The van der Waals surface area contributed by atoms with Crippen molar-refractivity contribution in [3.63, 3.8) is 0 Å². The molecule has 0 spiro atoms. The monoisotopic (exact) mass is 430 g/mol. The Balaban J connectivity index is 1.51. The number of carbonyl (C=O) groups excluding carboxylic acids is 1. The SMILES string of the molecule is Cn1nnc(N2CCC(Cl)=C(c3ccc(CC(=O)c4c(F)cccc4F)nc3)C2)n1. The Bertz CT molecular complexity index is 1110. The molecule has 0 saturated heterocycles. The van der Waals surface area contributed by atoms with E-state index in [0.717, 1.165) is 23.3 Å². The second kappa shape index (κ2) is 8.27. The van der Waals surface area contributed by atoms with Gasteiger partial charge in [-0.2, -0.15) is 4.80 Å². The second-order valence-electron chi connectivity index (χ2n) is 6.87. The Labute approximate surface area is 176 Å². The number of Topliss-reactive ketones (excluding diaryl/α,β-unsaturated/α-hetero) is 1. The van der Waals surface area contributed by atoms with E-state index in [-0.39, 0.29) is 6.42 Å². The summed E-state index contributed by atoms with van der Waals surface area (Å²) in [7, 11) is 1.70. The van der Waals surface area contributed by atoms with Gasteiger partial charge in [-0.15, -0.1) is 5.10 Å². The summed E-state index contributed by atoms with van der Waals surface area (Å²) in [6, 6.07) is 6.78. The number of nitrogens with zero attached hydrogens (tertiary/aromatic N) is 6. The average molecular weight is 431 g/mol. The van der Waals surface area contributed by atoms with Crippen LogP contribution in [0.1, 0.15) is 28.0 Å². The molecular weight excluding hydrogens is 414 g/mol. The molecule has 1 aliphatic rings. The fourth-order valence-corrected chi connectivity index (χ4v) is 3.54. The maximum Gasteiger partial charge on any atom is 0.266 e. The highest BCUT2D eigenvalue weighted by molar-refractivity contribution is 6.33. The number of tetrazole rings is 1. The highest BCUT2D eigenvalue weighted by atomic mass is 35.5. The molecule has 154 valence electrons. The van der Waals surface area contributed by atoms with Crippen molar-refractivity contribution in [2.75, 3.05) is 18.0 Å². The number of benzene rings is 1. The molecule has 0 radical (unpaired) electrons. The molecule has 10 heteroatoms. The lowest BCUT2D eigenvalue weighted by molar-refractivity contribution is 0.0984. The fourth-order valence-electron chi connectivity index (χ4n) is 3.28. The Hall–Kier alpha value is -3.20. The summed E-state index contributed by atoms with van der Waals surface area (Å²) in [5.74, 6) is -1.91. The van der Waals surface area contributed by atoms with Gasteiger partial charge in [-0.05, 0) is 34.5 Å². The van der Waals surface area contributed by atoms with E-state index in [1.54, 1.807) is 25.4 Å². The molecule has 7 nitrogen and oxygen atoms in total. The first-order valence-electron chi connectivity index (χ1n) is 9.21. The van der Waals surface area contributed by atoms with Gasteiger partial charge in [0.15, 0.2) is 5.78 Å². The van der Waals surface area contributed by atoms with Crippen LogP contribution in [0, 0.1) is 11.6 Å².